The lowest BCUT2D eigenvalue weighted by Crippen LogP contribution is -1.84. The molecule has 0 atom stereocenters. The minimum absolute atomic E-state index is 0.498. The van der Waals surface area contributed by atoms with Crippen molar-refractivity contribution in [3.8, 4) is 0 Å². The molecular formula is C7H8O3. The average molecular weight is 140 g/mol. The van der Waals surface area contributed by atoms with E-state index in [1.54, 1.807) is 6.92 Å². The molecule has 0 fully saturated rings. The Morgan fingerprint density at radius 1 is 1.50 bits per heavy atom. The number of hydrogen-bond acceptors (Lipinski definition) is 2. The van der Waals surface area contributed by atoms with Gasteiger partial charge in [0.25, 0.3) is 0 Å². The molecule has 0 bridgehead atoms. The molecule has 0 rings (SSSR count). The number of allylic oxidation sites excluding steroid dienone is 3. The van der Waals surface area contributed by atoms with Gasteiger partial charge in [-0.2, -0.15) is 0 Å². The second kappa shape index (κ2) is 4.49. The minimum Gasteiger partial charge on any atom is -0.478 e. The lowest BCUT2D eigenvalue weighted by atomic mass is 10.3. The van der Waals surface area contributed by atoms with Crippen LogP contribution in [0.25, 0.3) is 0 Å². The molecule has 0 saturated carbocycles. The molecule has 54 valence electrons. The summed E-state index contributed by atoms with van der Waals surface area (Å²) in [7, 11) is 0. The second-order valence-corrected chi connectivity index (χ2v) is 1.73. The van der Waals surface area contributed by atoms with Crippen molar-refractivity contribution in [2.45, 2.75) is 6.92 Å². The molecule has 0 aliphatic carbocycles. The highest BCUT2D eigenvalue weighted by Crippen LogP contribution is 1.86. The topological polar surface area (TPSA) is 54.4 Å². The number of aliphatic carboxylic acids is 1. The highest BCUT2D eigenvalue weighted by molar-refractivity contribution is 5.80. The van der Waals surface area contributed by atoms with Gasteiger partial charge in [0.2, 0.25) is 0 Å². The molecular weight excluding hydrogens is 132 g/mol. The van der Waals surface area contributed by atoms with Crippen LogP contribution in [0.4, 0.5) is 0 Å². The maximum absolute atomic E-state index is 9.93. The third kappa shape index (κ3) is 4.77. The molecule has 0 radical (unpaired) electrons. The summed E-state index contributed by atoms with van der Waals surface area (Å²) in [6, 6.07) is 0. The van der Waals surface area contributed by atoms with Gasteiger partial charge in [-0.15, -0.1) is 0 Å². The zero-order chi connectivity index (χ0) is 7.98. The van der Waals surface area contributed by atoms with Crippen LogP contribution in [-0.4, -0.2) is 17.4 Å². The van der Waals surface area contributed by atoms with Crippen molar-refractivity contribution in [3.05, 3.63) is 23.8 Å². The third-order valence-corrected chi connectivity index (χ3v) is 0.784. The van der Waals surface area contributed by atoms with Crippen molar-refractivity contribution in [2.75, 3.05) is 0 Å². The Bertz CT molecular complexity index is 189. The van der Waals surface area contributed by atoms with Gasteiger partial charge in [0.1, 0.15) is 6.29 Å². The molecule has 3 nitrogen and oxygen atoms in total. The third-order valence-electron chi connectivity index (χ3n) is 0.784. The molecule has 3 heteroatoms. The summed E-state index contributed by atoms with van der Waals surface area (Å²) in [6.07, 6.45) is 4.37. The summed E-state index contributed by atoms with van der Waals surface area (Å²) in [4.78, 5) is 19.8. The van der Waals surface area contributed by atoms with Crippen molar-refractivity contribution in [1.29, 1.82) is 0 Å². The molecule has 0 aromatic rings. The summed E-state index contributed by atoms with van der Waals surface area (Å²) in [5, 5.41) is 8.09. The maximum atomic E-state index is 9.93. The minimum atomic E-state index is -1.02. The first-order valence-electron chi connectivity index (χ1n) is 2.70. The molecule has 0 amide bonds. The number of carbonyl (C=O) groups is 2. The standard InChI is InChI=1S/C7H8O3/c1-6(5-8)3-2-4-7(9)10/h2-5H,1H3,(H,9,10)/b4-2+,6-3+. The summed E-state index contributed by atoms with van der Waals surface area (Å²) in [5.74, 6) is -1.02. The van der Waals surface area contributed by atoms with Crippen LogP contribution in [0.2, 0.25) is 0 Å². The van der Waals surface area contributed by atoms with Crippen molar-refractivity contribution in [2.24, 2.45) is 0 Å². The summed E-state index contributed by atoms with van der Waals surface area (Å²) >= 11 is 0. The Morgan fingerprint density at radius 3 is 2.50 bits per heavy atom. The Morgan fingerprint density at radius 2 is 2.10 bits per heavy atom. The van der Waals surface area contributed by atoms with Gasteiger partial charge < -0.3 is 5.11 Å². The van der Waals surface area contributed by atoms with Crippen LogP contribution in [-0.2, 0) is 9.59 Å². The number of carbonyl (C=O) groups excluding carboxylic acids is 1. The van der Waals surface area contributed by atoms with Gasteiger partial charge in [0, 0.05) is 6.08 Å². The first kappa shape index (κ1) is 8.62. The van der Waals surface area contributed by atoms with Gasteiger partial charge in [-0.3, -0.25) is 4.79 Å². The molecule has 0 aliphatic rings. The maximum Gasteiger partial charge on any atom is 0.328 e. The molecule has 0 saturated heterocycles. The van der Waals surface area contributed by atoms with Gasteiger partial charge in [-0.1, -0.05) is 12.2 Å². The van der Waals surface area contributed by atoms with Gasteiger partial charge in [0.15, 0.2) is 0 Å². The van der Waals surface area contributed by atoms with Crippen LogP contribution in [0, 0.1) is 0 Å². The first-order valence-corrected chi connectivity index (χ1v) is 2.70. The van der Waals surface area contributed by atoms with E-state index in [1.807, 2.05) is 0 Å². The summed E-state index contributed by atoms with van der Waals surface area (Å²) < 4.78 is 0. The van der Waals surface area contributed by atoms with E-state index in [0.717, 1.165) is 6.08 Å². The molecule has 10 heavy (non-hydrogen) atoms. The summed E-state index contributed by atoms with van der Waals surface area (Å²) in [5.41, 5.74) is 0.498. The second-order valence-electron chi connectivity index (χ2n) is 1.73. The van der Waals surface area contributed by atoms with Gasteiger partial charge in [-0.05, 0) is 12.5 Å². The normalized spacial score (nSPS) is 11.9. The van der Waals surface area contributed by atoms with Crippen molar-refractivity contribution >= 4 is 12.3 Å². The highest BCUT2D eigenvalue weighted by atomic mass is 16.4. The lowest BCUT2D eigenvalue weighted by Gasteiger charge is -1.79. The van der Waals surface area contributed by atoms with Crippen LogP contribution in [0.1, 0.15) is 6.92 Å². The van der Waals surface area contributed by atoms with E-state index in [2.05, 4.69) is 0 Å². The Hall–Kier alpha value is -1.38. The molecule has 1 N–H and O–H groups in total. The van der Waals surface area contributed by atoms with Crippen molar-refractivity contribution < 1.29 is 14.7 Å². The molecule has 0 aliphatic heterocycles. The predicted octanol–water partition coefficient (Wildman–Crippen LogP) is 0.772. The SMILES string of the molecule is C/C(C=O)=C\C=C\C(=O)O. The van der Waals surface area contributed by atoms with E-state index >= 15 is 0 Å². The molecule has 0 heterocycles. The van der Waals surface area contributed by atoms with E-state index in [0.29, 0.717) is 11.9 Å². The van der Waals surface area contributed by atoms with E-state index in [4.69, 9.17) is 5.11 Å². The Labute approximate surface area is 58.7 Å². The van der Waals surface area contributed by atoms with Gasteiger partial charge >= 0.3 is 5.97 Å². The zero-order valence-corrected chi connectivity index (χ0v) is 5.57. The van der Waals surface area contributed by atoms with E-state index in [1.165, 1.54) is 12.2 Å². The van der Waals surface area contributed by atoms with Gasteiger partial charge in [-0.25, -0.2) is 4.79 Å². The van der Waals surface area contributed by atoms with Crippen molar-refractivity contribution in [1.82, 2.24) is 0 Å². The number of carboxylic acids is 1. The molecule has 0 aromatic carbocycles. The fourth-order valence-electron chi connectivity index (χ4n) is 0.321. The van der Waals surface area contributed by atoms with E-state index in [-0.39, 0.29) is 0 Å². The van der Waals surface area contributed by atoms with Crippen LogP contribution in [0.5, 0.6) is 0 Å². The van der Waals surface area contributed by atoms with Crippen molar-refractivity contribution in [3.63, 3.8) is 0 Å². The number of aldehydes is 1. The van der Waals surface area contributed by atoms with Crippen LogP contribution in [0.15, 0.2) is 23.8 Å². The smallest absolute Gasteiger partial charge is 0.328 e. The zero-order valence-electron chi connectivity index (χ0n) is 5.57. The van der Waals surface area contributed by atoms with E-state index < -0.39 is 5.97 Å². The summed E-state index contributed by atoms with van der Waals surface area (Å²) in [6.45, 7) is 1.60. The predicted molar refractivity (Wildman–Crippen MR) is 36.6 cm³/mol. The largest absolute Gasteiger partial charge is 0.478 e. The van der Waals surface area contributed by atoms with Crippen LogP contribution >= 0.6 is 0 Å². The molecule has 0 unspecified atom stereocenters. The Kier molecular flexibility index (Phi) is 3.87. The number of hydrogen-bond donors (Lipinski definition) is 1. The number of rotatable bonds is 3. The van der Waals surface area contributed by atoms with Crippen LogP contribution < -0.4 is 0 Å². The average Bonchev–Trinajstić information content (AvgIpc) is 1.87. The van der Waals surface area contributed by atoms with Crippen LogP contribution in [0.3, 0.4) is 0 Å². The van der Waals surface area contributed by atoms with E-state index in [9.17, 15) is 9.59 Å². The number of carboxylic acid groups (broad SMARTS) is 1. The molecule has 0 spiro atoms. The quantitative estimate of drug-likeness (QED) is 0.358. The first-order chi connectivity index (χ1) is 4.66. The fraction of sp³-hybridized carbons (Fsp3) is 0.143. The monoisotopic (exact) mass is 140 g/mol. The lowest BCUT2D eigenvalue weighted by molar-refractivity contribution is -0.131. The molecule has 0 aromatic heterocycles. The van der Waals surface area contributed by atoms with Gasteiger partial charge in [0.05, 0.1) is 0 Å². The highest BCUT2D eigenvalue weighted by Gasteiger charge is 1.82. The fourth-order valence-corrected chi connectivity index (χ4v) is 0.321. The Balaban J connectivity index is 3.93.